The Morgan fingerprint density at radius 2 is 0.505 bits per heavy atom. The summed E-state index contributed by atoms with van der Waals surface area (Å²) in [6, 6.07) is 0. The maximum atomic E-state index is 13.1. The molecule has 0 bridgehead atoms. The number of hydrogen-bond acceptors (Lipinski definition) is 15. The van der Waals surface area contributed by atoms with Crippen molar-refractivity contribution in [3.05, 3.63) is 0 Å². The zero-order chi connectivity index (χ0) is 74.4. The molecule has 0 heterocycles. The predicted molar refractivity (Wildman–Crippen MR) is 414 cm³/mol. The molecule has 0 aliphatic heterocycles. The molecule has 0 aromatic carbocycles. The number of aliphatic hydroxyl groups excluding tert-OH is 1. The minimum absolute atomic E-state index is 0.107. The van der Waals surface area contributed by atoms with Gasteiger partial charge in [0, 0.05) is 25.7 Å². The highest BCUT2D eigenvalue weighted by molar-refractivity contribution is 7.47. The number of rotatable bonds is 80. The molecule has 3 N–H and O–H groups in total. The largest absolute Gasteiger partial charge is 0.472 e. The third kappa shape index (κ3) is 73.4. The van der Waals surface area contributed by atoms with Gasteiger partial charge in [-0.15, -0.1) is 0 Å². The van der Waals surface area contributed by atoms with Gasteiger partial charge in [-0.05, 0) is 43.4 Å². The number of esters is 4. The molecule has 0 aromatic heterocycles. The molecule has 0 fully saturated rings. The van der Waals surface area contributed by atoms with Crippen molar-refractivity contribution < 1.29 is 80.2 Å². The first-order valence-electron chi connectivity index (χ1n) is 42.4. The second-order valence-corrected chi connectivity index (χ2v) is 33.4. The zero-order valence-corrected chi connectivity index (χ0v) is 68.2. The van der Waals surface area contributed by atoms with Crippen LogP contribution in [-0.4, -0.2) is 96.7 Å². The van der Waals surface area contributed by atoms with E-state index < -0.39 is 97.5 Å². The fourth-order valence-electron chi connectivity index (χ4n) is 12.6. The van der Waals surface area contributed by atoms with E-state index >= 15 is 0 Å². The van der Waals surface area contributed by atoms with Crippen LogP contribution in [0.2, 0.25) is 0 Å². The van der Waals surface area contributed by atoms with Gasteiger partial charge in [-0.2, -0.15) is 0 Å². The van der Waals surface area contributed by atoms with Crippen molar-refractivity contribution in [1.29, 1.82) is 0 Å². The summed E-state index contributed by atoms with van der Waals surface area (Å²) in [5.41, 5.74) is 0. The summed E-state index contributed by atoms with van der Waals surface area (Å²) >= 11 is 0. The maximum absolute atomic E-state index is 13.1. The highest BCUT2D eigenvalue weighted by atomic mass is 31.2. The topological polar surface area (TPSA) is 237 Å². The Labute approximate surface area is 619 Å². The van der Waals surface area contributed by atoms with Crippen LogP contribution in [0.5, 0.6) is 0 Å². The molecule has 0 radical (unpaired) electrons. The van der Waals surface area contributed by atoms with Crippen LogP contribution < -0.4 is 0 Å². The summed E-state index contributed by atoms with van der Waals surface area (Å²) < 4.78 is 68.7. The SMILES string of the molecule is CCCCCCCCCCCCCCCC(=O)O[C@H](COC(=O)CCCCCCCCCCCC(C)C)COP(=O)(O)OC[C@H](O)COP(=O)(O)OC[C@@H](COC(=O)CCCCCCCCCCCCC(C)CC)OC(=O)CCCCCCCCCCCCCCCCCCCCC(C)CC. The Bertz CT molecular complexity index is 1960. The molecule has 17 nitrogen and oxygen atoms in total. The van der Waals surface area contributed by atoms with E-state index in [-0.39, 0.29) is 25.7 Å². The standard InChI is InChI=1S/C82H160O17P2/c1-8-11-12-13-14-15-16-23-27-36-44-51-58-65-81(86)99-78(70-93-80(85)64-57-50-43-38-31-32-39-46-53-60-73(4)5)72-97-101(90,91)95-68-76(83)67-94-100(88,89)96-71-77(69-92-79(84)63-56-49-42-35-30-29-34-41-48-55-62-75(7)10-3)98-82(87)66-59-52-45-37-28-25-22-20-18-17-19-21-24-26-33-40-47-54-61-74(6)9-2/h73-78,83H,8-72H2,1-7H3,(H,88,89)(H,90,91)/t74?,75?,76-,77-,78-/m1/s1. The van der Waals surface area contributed by atoms with Gasteiger partial charge in [-0.3, -0.25) is 37.3 Å². The van der Waals surface area contributed by atoms with Crippen LogP contribution >= 0.6 is 15.6 Å². The van der Waals surface area contributed by atoms with Crippen molar-refractivity contribution in [1.82, 2.24) is 0 Å². The van der Waals surface area contributed by atoms with E-state index in [4.69, 9.17) is 37.0 Å². The second kappa shape index (κ2) is 72.3. The summed E-state index contributed by atoms with van der Waals surface area (Å²) in [7, 11) is -9.92. The lowest BCUT2D eigenvalue weighted by Gasteiger charge is -2.21. The van der Waals surface area contributed by atoms with Crippen molar-refractivity contribution in [2.75, 3.05) is 39.6 Å². The van der Waals surface area contributed by atoms with E-state index in [9.17, 15) is 43.2 Å². The molecule has 19 heteroatoms. The second-order valence-electron chi connectivity index (χ2n) is 30.5. The first-order chi connectivity index (χ1) is 48.8. The molecule has 4 unspecified atom stereocenters. The number of aliphatic hydroxyl groups is 1. The van der Waals surface area contributed by atoms with Crippen molar-refractivity contribution in [2.45, 2.75) is 446 Å². The molecule has 0 rings (SSSR count). The lowest BCUT2D eigenvalue weighted by Crippen LogP contribution is -2.30. The minimum atomic E-state index is -4.96. The van der Waals surface area contributed by atoms with Crippen LogP contribution in [0.25, 0.3) is 0 Å². The van der Waals surface area contributed by atoms with E-state index in [0.29, 0.717) is 25.7 Å². The highest BCUT2D eigenvalue weighted by Crippen LogP contribution is 2.45. The molecular weight excluding hydrogens is 1320 g/mol. The molecule has 101 heavy (non-hydrogen) atoms. The zero-order valence-electron chi connectivity index (χ0n) is 66.4. The molecule has 7 atom stereocenters. The van der Waals surface area contributed by atoms with Gasteiger partial charge in [0.25, 0.3) is 0 Å². The number of carbonyl (C=O) groups excluding carboxylic acids is 4. The third-order valence-corrected chi connectivity index (χ3v) is 21.8. The monoisotopic (exact) mass is 1480 g/mol. The fourth-order valence-corrected chi connectivity index (χ4v) is 14.2. The van der Waals surface area contributed by atoms with Gasteiger partial charge < -0.3 is 33.8 Å². The van der Waals surface area contributed by atoms with E-state index in [1.807, 2.05) is 0 Å². The lowest BCUT2D eigenvalue weighted by molar-refractivity contribution is -0.161. The maximum Gasteiger partial charge on any atom is 0.472 e. The molecular formula is C82H160O17P2. The van der Waals surface area contributed by atoms with Crippen LogP contribution in [0.4, 0.5) is 0 Å². The average molecular weight is 1480 g/mol. The quantitative estimate of drug-likeness (QED) is 0.0222. The van der Waals surface area contributed by atoms with Crippen molar-refractivity contribution in [3.63, 3.8) is 0 Å². The Kier molecular flexibility index (Phi) is 70.9. The predicted octanol–water partition coefficient (Wildman–Crippen LogP) is 24.5. The van der Waals surface area contributed by atoms with E-state index in [1.54, 1.807) is 0 Å². The Morgan fingerprint density at radius 3 is 0.752 bits per heavy atom. The Balaban J connectivity index is 5.23. The Hall–Kier alpha value is -1.94. The number of carbonyl (C=O) groups is 4. The lowest BCUT2D eigenvalue weighted by atomic mass is 9.99. The number of unbranched alkanes of at least 4 members (excludes halogenated alkanes) is 46. The summed E-state index contributed by atoms with van der Waals surface area (Å²) in [6.45, 7) is 12.0. The van der Waals surface area contributed by atoms with Gasteiger partial charge in [-0.25, -0.2) is 9.13 Å². The number of hydrogen-bond donors (Lipinski definition) is 3. The number of ether oxygens (including phenoxy) is 4. The molecule has 600 valence electrons. The van der Waals surface area contributed by atoms with Crippen LogP contribution in [0.3, 0.4) is 0 Å². The normalized spacial score (nSPS) is 14.5. The van der Waals surface area contributed by atoms with Gasteiger partial charge in [0.15, 0.2) is 12.2 Å². The van der Waals surface area contributed by atoms with Crippen molar-refractivity contribution in [3.8, 4) is 0 Å². The molecule has 0 saturated heterocycles. The fraction of sp³-hybridized carbons (Fsp3) is 0.951. The third-order valence-electron chi connectivity index (χ3n) is 19.9. The minimum Gasteiger partial charge on any atom is -0.462 e. The van der Waals surface area contributed by atoms with Gasteiger partial charge >= 0.3 is 39.5 Å². The average Bonchev–Trinajstić information content (AvgIpc) is 0.954. The van der Waals surface area contributed by atoms with E-state index in [0.717, 1.165) is 108 Å². The number of phosphoric acid groups is 2. The summed E-state index contributed by atoms with van der Waals surface area (Å²) in [4.78, 5) is 73.1. The van der Waals surface area contributed by atoms with Crippen molar-refractivity contribution in [2.24, 2.45) is 17.8 Å². The number of phosphoric ester groups is 2. The molecule has 0 amide bonds. The van der Waals surface area contributed by atoms with Crippen molar-refractivity contribution >= 4 is 39.5 Å². The van der Waals surface area contributed by atoms with Crippen LogP contribution in [0, 0.1) is 17.8 Å². The van der Waals surface area contributed by atoms with Gasteiger partial charge in [0.05, 0.1) is 26.4 Å². The molecule has 0 aromatic rings. The van der Waals surface area contributed by atoms with Crippen LogP contribution in [-0.2, 0) is 65.4 Å². The molecule has 0 aliphatic rings. The van der Waals surface area contributed by atoms with Gasteiger partial charge in [0.2, 0.25) is 0 Å². The first kappa shape index (κ1) is 99.1. The molecule has 0 saturated carbocycles. The molecule has 0 aliphatic carbocycles. The summed E-state index contributed by atoms with van der Waals surface area (Å²) in [6.07, 6.45) is 60.9. The van der Waals surface area contributed by atoms with E-state index in [2.05, 4.69) is 48.5 Å². The van der Waals surface area contributed by atoms with Crippen LogP contribution in [0.15, 0.2) is 0 Å². The first-order valence-corrected chi connectivity index (χ1v) is 45.4. The summed E-state index contributed by atoms with van der Waals surface area (Å²) in [5, 5.41) is 10.6. The Morgan fingerprint density at radius 1 is 0.287 bits per heavy atom. The summed E-state index contributed by atoms with van der Waals surface area (Å²) in [5.74, 6) is 0.315. The highest BCUT2D eigenvalue weighted by Gasteiger charge is 2.30. The smallest absolute Gasteiger partial charge is 0.462 e. The van der Waals surface area contributed by atoms with Crippen LogP contribution in [0.1, 0.15) is 427 Å². The van der Waals surface area contributed by atoms with Gasteiger partial charge in [-0.1, -0.05) is 376 Å². The molecule has 0 spiro atoms. The van der Waals surface area contributed by atoms with Gasteiger partial charge in [0.1, 0.15) is 19.3 Å². The van der Waals surface area contributed by atoms with E-state index in [1.165, 1.54) is 238 Å².